The molecule has 0 radical (unpaired) electrons. The van der Waals surface area contributed by atoms with Gasteiger partial charge in [0, 0.05) is 108 Å². The van der Waals surface area contributed by atoms with Crippen LogP contribution in [0.15, 0.2) is 92.2 Å². The van der Waals surface area contributed by atoms with E-state index in [0.29, 0.717) is 142 Å². The fourth-order valence-electron chi connectivity index (χ4n) is 12.5. The van der Waals surface area contributed by atoms with Crippen molar-refractivity contribution in [2.75, 3.05) is 30.2 Å². The van der Waals surface area contributed by atoms with Crippen LogP contribution in [0.3, 0.4) is 0 Å². The number of esters is 2. The maximum atomic E-state index is 13.1. The second kappa shape index (κ2) is 36.5. The Hall–Kier alpha value is -11.2. The summed E-state index contributed by atoms with van der Waals surface area (Å²) in [7, 11) is 2.85. The number of nitrogens with zero attached hydrogens (tertiary/aromatic N) is 15. The van der Waals surface area contributed by atoms with E-state index in [0.717, 1.165) is 93.2 Å². The number of carboxylic acid groups (broad SMARTS) is 2. The number of carbonyl (C=O) groups is 6. The molecule has 12 N–H and O–H groups in total. The van der Waals surface area contributed by atoms with Crippen molar-refractivity contribution in [2.24, 2.45) is 23.5 Å². The molecule has 6 fully saturated rings. The molecule has 548 valence electrons. The van der Waals surface area contributed by atoms with Crippen LogP contribution in [0.4, 0.5) is 17.1 Å². The van der Waals surface area contributed by atoms with Crippen LogP contribution in [0.2, 0.25) is 0 Å². The van der Waals surface area contributed by atoms with E-state index in [-0.39, 0.29) is 101 Å². The Bertz CT molecular complexity index is 4790. The summed E-state index contributed by atoms with van der Waals surface area (Å²) in [6, 6.07) is 17.8. The van der Waals surface area contributed by atoms with Crippen molar-refractivity contribution in [3.63, 3.8) is 0 Å². The normalized spacial score (nSPS) is 19.0. The Labute approximate surface area is 625 Å². The SMILES string of the molecule is COC(=O)C1CCC(N)CC1.COC(=O)C1CCC(NC(=O)c2cnc(-n3ncc4cc(C#N)cnc43)cc2NC2CC2)CC1.Cl.N#Cc1cnc2c(cnn2-c2cc(NC3CC3)c(C(=O)NC3CCC(C(=O)O)CC3)cn2)c1.N#Cc1cnc2c(cnn2-c2cc(NC3CC3)c(C(=O)O)cn2)c1.O.[Li+].[OH-]. The summed E-state index contributed by atoms with van der Waals surface area (Å²) in [5.41, 5.74) is 11.7. The summed E-state index contributed by atoms with van der Waals surface area (Å²) in [5, 5.41) is 77.0. The summed E-state index contributed by atoms with van der Waals surface area (Å²) < 4.78 is 14.2. The molecule has 0 atom stereocenters. The number of anilines is 3. The van der Waals surface area contributed by atoms with Gasteiger partial charge in [0.15, 0.2) is 34.4 Å². The number of fused-ring (bicyclic) bond motifs is 3. The number of methoxy groups -OCH3 is 2. The third-order valence-corrected chi connectivity index (χ3v) is 18.8. The van der Waals surface area contributed by atoms with Crippen molar-refractivity contribution in [2.45, 2.75) is 152 Å². The van der Waals surface area contributed by atoms with Crippen molar-refractivity contribution in [3.8, 4) is 35.7 Å². The number of hydrogen-bond acceptors (Lipinski definition) is 25. The quantitative estimate of drug-likeness (QED) is 0.0462. The minimum absolute atomic E-state index is 0. The summed E-state index contributed by atoms with van der Waals surface area (Å²) >= 11 is 0. The fraction of sp³-hybridized carbons (Fsp3) is 0.408. The van der Waals surface area contributed by atoms with Gasteiger partial charge in [-0.15, -0.1) is 12.4 Å². The zero-order chi connectivity index (χ0) is 71.6. The first-order valence-electron chi connectivity index (χ1n) is 34.0. The Balaban J connectivity index is 0.000000186. The molecule has 106 heavy (non-hydrogen) atoms. The van der Waals surface area contributed by atoms with Gasteiger partial charge in [-0.2, -0.15) is 45.1 Å². The number of nitrogens with two attached hydrogens (primary N) is 1. The van der Waals surface area contributed by atoms with Crippen molar-refractivity contribution >= 4 is 98.3 Å². The molecular formula is C71H79ClLiN21O12. The van der Waals surface area contributed by atoms with Gasteiger partial charge in [0.2, 0.25) is 0 Å². The van der Waals surface area contributed by atoms with Gasteiger partial charge in [-0.05, 0) is 134 Å². The van der Waals surface area contributed by atoms with E-state index < -0.39 is 11.9 Å². The van der Waals surface area contributed by atoms with E-state index in [1.165, 1.54) is 49.9 Å². The van der Waals surface area contributed by atoms with Gasteiger partial charge in [-0.3, -0.25) is 24.0 Å². The molecule has 2 amide bonds. The molecule has 9 heterocycles. The molecule has 0 aromatic carbocycles. The average molecular weight is 1460 g/mol. The molecule has 6 saturated carbocycles. The smallest absolute Gasteiger partial charge is 0.870 e. The van der Waals surface area contributed by atoms with Crippen LogP contribution in [-0.4, -0.2) is 167 Å². The average Bonchev–Trinajstić information content (AvgIpc) is 1.77. The minimum Gasteiger partial charge on any atom is -0.870 e. The van der Waals surface area contributed by atoms with E-state index in [1.54, 1.807) is 64.5 Å². The fourth-order valence-corrected chi connectivity index (χ4v) is 12.5. The number of aromatic nitrogens is 12. The molecule has 0 unspecified atom stereocenters. The number of rotatable bonds is 17. The van der Waals surface area contributed by atoms with Gasteiger partial charge < -0.3 is 63.0 Å². The second-order valence-corrected chi connectivity index (χ2v) is 26.3. The van der Waals surface area contributed by atoms with Crippen molar-refractivity contribution in [3.05, 3.63) is 126 Å². The van der Waals surface area contributed by atoms with Crippen molar-refractivity contribution in [1.82, 2.24) is 69.9 Å². The first-order chi connectivity index (χ1) is 49.5. The number of nitrogens with one attached hydrogen (secondary N) is 5. The molecule has 33 nitrogen and oxygen atoms in total. The first-order valence-corrected chi connectivity index (χ1v) is 34.0. The molecule has 6 aliphatic carbocycles. The summed E-state index contributed by atoms with van der Waals surface area (Å²) in [6.07, 6.45) is 29.0. The molecule has 9 aromatic heterocycles. The number of aromatic carboxylic acids is 1. The number of amides is 2. The third-order valence-electron chi connectivity index (χ3n) is 18.8. The van der Waals surface area contributed by atoms with Gasteiger partial charge in [0.1, 0.15) is 23.8 Å². The van der Waals surface area contributed by atoms with E-state index in [9.17, 15) is 39.0 Å². The minimum atomic E-state index is -1.03. The van der Waals surface area contributed by atoms with Gasteiger partial charge in [0.25, 0.3) is 11.8 Å². The van der Waals surface area contributed by atoms with E-state index in [2.05, 4.69) is 88.7 Å². The first kappa shape index (κ1) is 80.5. The van der Waals surface area contributed by atoms with Gasteiger partial charge in [-0.25, -0.2) is 34.7 Å². The number of ether oxygens (including phenoxy) is 2. The molecular weight excluding hydrogens is 1380 g/mol. The van der Waals surface area contributed by atoms with Crippen LogP contribution in [-0.2, 0) is 23.9 Å². The molecule has 0 aliphatic heterocycles. The predicted molar refractivity (Wildman–Crippen MR) is 382 cm³/mol. The van der Waals surface area contributed by atoms with Gasteiger partial charge >= 0.3 is 42.7 Å². The molecule has 0 saturated heterocycles. The number of hydrogen-bond donors (Lipinski definition) is 8. The van der Waals surface area contributed by atoms with E-state index in [1.807, 2.05) is 12.1 Å². The standard InChI is InChI=1S/C24H25N7O3.C23H23N7O3.C16H12N6O2.C8H15NO2.ClH.Li.2H2O/c1-34-24(33)15-2-4-18(5-3-15)30-23(32)19-13-26-21(9-20(19)29-17-6-7-17)31-22-16(12-28-31)8-14(10-25)11-27-22;24-9-13-7-15-11-27-30(21(15)26-10-13)20-8-19(28-16-5-6-16)18(12-25-20)22(31)29-17-3-1-14(2-4-17)23(32)33;17-5-9-3-10-7-20-22(15(10)19-6-9)14-4-13(21-11-1-2-11)12(8-18-14)16(23)24;1-11-8(10)6-2-4-7(9)5-3-6;;;;/h8-9,11-13,15,17-18H,2-7H2,1H3,(H,26,29)(H,30,32);7-8,10-12,14,16-17H,1-6H2,(H,25,28)(H,29,31)(H,32,33);3-4,6-8,11H,1-2H2,(H,18,21)(H,23,24);6-7H,2-5,9H2,1H3;1H;;2*1H2/q;;;;;+1;;/p-1. The van der Waals surface area contributed by atoms with Gasteiger partial charge in [0.05, 0.1) is 95.4 Å². The molecule has 6 aliphatic rings. The Morgan fingerprint density at radius 3 is 1.05 bits per heavy atom. The summed E-state index contributed by atoms with van der Waals surface area (Å²) in [4.78, 5) is 97.6. The molecule has 15 rings (SSSR count). The Kier molecular flexibility index (Phi) is 27.7. The zero-order valence-corrected chi connectivity index (χ0v) is 59.2. The molecule has 0 spiro atoms. The van der Waals surface area contributed by atoms with E-state index in [4.69, 9.17) is 26.3 Å². The van der Waals surface area contributed by atoms with Crippen molar-refractivity contribution in [1.29, 1.82) is 15.8 Å². The number of halogens is 1. The van der Waals surface area contributed by atoms with Crippen molar-refractivity contribution < 1.29 is 78.3 Å². The monoisotopic (exact) mass is 1460 g/mol. The van der Waals surface area contributed by atoms with Crippen LogP contribution in [0.5, 0.6) is 0 Å². The van der Waals surface area contributed by atoms with Crippen LogP contribution < -0.4 is 51.2 Å². The van der Waals surface area contributed by atoms with Gasteiger partial charge in [-0.1, -0.05) is 0 Å². The van der Waals surface area contributed by atoms with Crippen LogP contribution in [0.25, 0.3) is 50.6 Å². The van der Waals surface area contributed by atoms with E-state index >= 15 is 0 Å². The Morgan fingerprint density at radius 1 is 0.443 bits per heavy atom. The maximum absolute atomic E-state index is 13.1. The zero-order valence-electron chi connectivity index (χ0n) is 58.4. The van der Waals surface area contributed by atoms with Crippen LogP contribution in [0, 0.1) is 51.7 Å². The topological polar surface area (TPSA) is 511 Å². The molecule has 9 aromatic rings. The predicted octanol–water partition coefficient (Wildman–Crippen LogP) is 4.42. The number of aliphatic carboxylic acids is 1. The summed E-state index contributed by atoms with van der Waals surface area (Å²) in [5.74, 6) is -1.24. The second-order valence-electron chi connectivity index (χ2n) is 26.3. The number of carbonyl (C=O) groups excluding carboxylic acids is 4. The summed E-state index contributed by atoms with van der Waals surface area (Å²) in [6.45, 7) is 0. The third kappa shape index (κ3) is 19.8. The number of nitriles is 3. The molecule has 35 heteroatoms. The van der Waals surface area contributed by atoms with Crippen LogP contribution in [0.1, 0.15) is 163 Å². The maximum Gasteiger partial charge on any atom is 1.00 e. The Morgan fingerprint density at radius 2 is 0.745 bits per heavy atom. The largest absolute Gasteiger partial charge is 1.00 e. The molecule has 0 bridgehead atoms. The number of carboxylic acids is 2. The number of pyridine rings is 6. The van der Waals surface area contributed by atoms with Crippen LogP contribution >= 0.6 is 12.4 Å².